The summed E-state index contributed by atoms with van der Waals surface area (Å²) in [5, 5.41) is 3.02. The molecule has 0 aliphatic carbocycles. The molecule has 178 valence electrons. The zero-order valence-electron chi connectivity index (χ0n) is 19.6. The van der Waals surface area contributed by atoms with Crippen molar-refractivity contribution in [2.24, 2.45) is 0 Å². The molecule has 1 N–H and O–H groups in total. The summed E-state index contributed by atoms with van der Waals surface area (Å²) in [5.74, 6) is 0.964. The van der Waals surface area contributed by atoms with Gasteiger partial charge in [0, 0.05) is 4.90 Å². The van der Waals surface area contributed by atoms with Crippen LogP contribution in [0.1, 0.15) is 29.7 Å². The number of carbonyl (C=O) groups is 2. The number of hydrogen-bond donors (Lipinski definition) is 1. The molecule has 0 spiro atoms. The lowest BCUT2D eigenvalue weighted by atomic mass is 10.1. The van der Waals surface area contributed by atoms with Crippen molar-refractivity contribution < 1.29 is 19.1 Å². The van der Waals surface area contributed by atoms with Gasteiger partial charge in [0.1, 0.15) is 19.8 Å². The van der Waals surface area contributed by atoms with Gasteiger partial charge in [-0.05, 0) is 55.3 Å². The third-order valence-electron chi connectivity index (χ3n) is 5.95. The van der Waals surface area contributed by atoms with Crippen LogP contribution in [0.15, 0.2) is 76.5 Å². The van der Waals surface area contributed by atoms with Crippen molar-refractivity contribution in [3.63, 3.8) is 0 Å². The van der Waals surface area contributed by atoms with Crippen LogP contribution in [0.3, 0.4) is 0 Å². The Morgan fingerprint density at radius 1 is 1.06 bits per heavy atom. The number of aryl methyl sites for hydroxylation is 1. The maximum absolute atomic E-state index is 13.4. The molecular formula is C28H26N2O4S. The van der Waals surface area contributed by atoms with E-state index in [1.54, 1.807) is 4.90 Å². The van der Waals surface area contributed by atoms with Crippen molar-refractivity contribution in [1.82, 2.24) is 5.32 Å². The van der Waals surface area contributed by atoms with Crippen LogP contribution in [0, 0.1) is 6.92 Å². The molecule has 0 saturated carbocycles. The van der Waals surface area contributed by atoms with E-state index in [2.05, 4.69) is 5.32 Å². The summed E-state index contributed by atoms with van der Waals surface area (Å²) in [7, 11) is 0. The standard InChI is InChI=1S/C28H26N2O4S/c1-18-7-9-20(10-8-18)15-26-28(32)30(22-5-3-4-6-25(22)35-26)17-27(31)29-19(2)21-11-12-23-24(16-21)34-14-13-33-23/h3-12,15-16,19H,13-14,17H2,1-2H3,(H,29,31)/b26-15-. The molecular weight excluding hydrogens is 460 g/mol. The number of nitrogens with zero attached hydrogens (tertiary/aromatic N) is 1. The highest BCUT2D eigenvalue weighted by Crippen LogP contribution is 2.42. The molecule has 3 aromatic carbocycles. The molecule has 2 amide bonds. The summed E-state index contributed by atoms with van der Waals surface area (Å²) in [6.07, 6.45) is 1.88. The second kappa shape index (κ2) is 9.88. The number of ether oxygens (including phenoxy) is 2. The Kier molecular flexibility index (Phi) is 6.51. The average Bonchev–Trinajstić information content (AvgIpc) is 2.87. The number of amides is 2. The highest BCUT2D eigenvalue weighted by molar-refractivity contribution is 8.04. The third-order valence-corrected chi connectivity index (χ3v) is 7.03. The van der Waals surface area contributed by atoms with Crippen LogP contribution < -0.4 is 19.7 Å². The molecule has 2 aliphatic heterocycles. The Morgan fingerprint density at radius 3 is 2.60 bits per heavy atom. The largest absolute Gasteiger partial charge is 0.486 e. The predicted octanol–water partition coefficient (Wildman–Crippen LogP) is 5.12. The summed E-state index contributed by atoms with van der Waals surface area (Å²) in [5.41, 5.74) is 3.75. The van der Waals surface area contributed by atoms with Gasteiger partial charge in [-0.15, -0.1) is 0 Å². The molecule has 0 saturated heterocycles. The van der Waals surface area contributed by atoms with Gasteiger partial charge in [-0.3, -0.25) is 14.5 Å². The molecule has 1 atom stereocenters. The van der Waals surface area contributed by atoms with E-state index in [9.17, 15) is 9.59 Å². The van der Waals surface area contributed by atoms with Gasteiger partial charge < -0.3 is 14.8 Å². The van der Waals surface area contributed by atoms with E-state index in [0.29, 0.717) is 29.6 Å². The van der Waals surface area contributed by atoms with E-state index >= 15 is 0 Å². The van der Waals surface area contributed by atoms with Crippen LogP contribution in [0.4, 0.5) is 5.69 Å². The second-order valence-corrected chi connectivity index (χ2v) is 9.66. The fourth-order valence-corrected chi connectivity index (χ4v) is 5.14. The molecule has 3 aromatic rings. The first kappa shape index (κ1) is 23.1. The van der Waals surface area contributed by atoms with Crippen molar-refractivity contribution in [2.45, 2.75) is 24.8 Å². The summed E-state index contributed by atoms with van der Waals surface area (Å²) in [4.78, 5) is 29.6. The molecule has 2 heterocycles. The van der Waals surface area contributed by atoms with E-state index in [0.717, 1.165) is 27.3 Å². The number of benzene rings is 3. The van der Waals surface area contributed by atoms with Gasteiger partial charge in [-0.1, -0.05) is 59.8 Å². The molecule has 6 nitrogen and oxygen atoms in total. The topological polar surface area (TPSA) is 67.9 Å². The van der Waals surface area contributed by atoms with Crippen LogP contribution in [0.2, 0.25) is 0 Å². The van der Waals surface area contributed by atoms with E-state index in [1.165, 1.54) is 11.8 Å². The molecule has 0 radical (unpaired) electrons. The Hall–Kier alpha value is -3.71. The zero-order valence-corrected chi connectivity index (χ0v) is 20.4. The summed E-state index contributed by atoms with van der Waals surface area (Å²) >= 11 is 1.43. The van der Waals surface area contributed by atoms with Crippen LogP contribution in [-0.4, -0.2) is 31.6 Å². The molecule has 0 aromatic heterocycles. The van der Waals surface area contributed by atoms with Gasteiger partial charge in [0.05, 0.1) is 16.6 Å². The maximum Gasteiger partial charge on any atom is 0.265 e. The number of hydrogen-bond acceptors (Lipinski definition) is 5. The van der Waals surface area contributed by atoms with Crippen molar-refractivity contribution in [3.05, 3.63) is 88.3 Å². The van der Waals surface area contributed by atoms with E-state index < -0.39 is 0 Å². The first-order chi connectivity index (χ1) is 17.0. The molecule has 0 bridgehead atoms. The Morgan fingerprint density at radius 2 is 1.80 bits per heavy atom. The monoisotopic (exact) mass is 486 g/mol. The molecule has 1 unspecified atom stereocenters. The minimum absolute atomic E-state index is 0.0729. The lowest BCUT2D eigenvalue weighted by Gasteiger charge is -2.30. The van der Waals surface area contributed by atoms with Crippen molar-refractivity contribution in [2.75, 3.05) is 24.7 Å². The maximum atomic E-state index is 13.4. The molecule has 2 aliphatic rings. The number of nitrogens with one attached hydrogen (secondary N) is 1. The molecule has 7 heteroatoms. The molecule has 35 heavy (non-hydrogen) atoms. The van der Waals surface area contributed by atoms with E-state index in [-0.39, 0.29) is 24.4 Å². The number of fused-ring (bicyclic) bond motifs is 2. The summed E-state index contributed by atoms with van der Waals surface area (Å²) in [6.45, 7) is 4.90. The van der Waals surface area contributed by atoms with Crippen LogP contribution in [0.5, 0.6) is 11.5 Å². The number of anilines is 1. The predicted molar refractivity (Wildman–Crippen MR) is 138 cm³/mol. The minimum atomic E-state index is -0.259. The Bertz CT molecular complexity index is 1300. The van der Waals surface area contributed by atoms with Gasteiger partial charge in [-0.25, -0.2) is 0 Å². The highest BCUT2D eigenvalue weighted by atomic mass is 32.2. The van der Waals surface area contributed by atoms with Crippen LogP contribution in [0.25, 0.3) is 6.08 Å². The minimum Gasteiger partial charge on any atom is -0.486 e. The average molecular weight is 487 g/mol. The number of rotatable bonds is 5. The lowest BCUT2D eigenvalue weighted by Crippen LogP contribution is -2.43. The molecule has 0 fully saturated rings. The Labute approximate surface area is 208 Å². The van der Waals surface area contributed by atoms with Gasteiger partial charge in [0.25, 0.3) is 5.91 Å². The van der Waals surface area contributed by atoms with Gasteiger partial charge >= 0.3 is 0 Å². The van der Waals surface area contributed by atoms with Gasteiger partial charge in [0.15, 0.2) is 11.5 Å². The SMILES string of the molecule is Cc1ccc(/C=C2\Sc3ccccc3N(CC(=O)NC(C)c3ccc4c(c3)OCCO4)C2=O)cc1. The fourth-order valence-electron chi connectivity index (χ4n) is 4.08. The van der Waals surface area contributed by atoms with Crippen molar-refractivity contribution in [1.29, 1.82) is 0 Å². The first-order valence-electron chi connectivity index (χ1n) is 11.5. The number of carbonyl (C=O) groups excluding carboxylic acids is 2. The van der Waals surface area contributed by atoms with E-state index in [4.69, 9.17) is 9.47 Å². The lowest BCUT2D eigenvalue weighted by molar-refractivity contribution is -0.122. The Balaban J connectivity index is 1.34. The quantitative estimate of drug-likeness (QED) is 0.507. The molecule has 5 rings (SSSR count). The smallest absolute Gasteiger partial charge is 0.265 e. The third kappa shape index (κ3) is 5.05. The van der Waals surface area contributed by atoms with Crippen LogP contribution >= 0.6 is 11.8 Å². The summed E-state index contributed by atoms with van der Waals surface area (Å²) in [6, 6.07) is 21.1. The van der Waals surface area contributed by atoms with Crippen molar-refractivity contribution >= 4 is 35.3 Å². The summed E-state index contributed by atoms with van der Waals surface area (Å²) < 4.78 is 11.2. The van der Waals surface area contributed by atoms with E-state index in [1.807, 2.05) is 86.7 Å². The number of para-hydroxylation sites is 1. The second-order valence-electron chi connectivity index (χ2n) is 8.57. The first-order valence-corrected chi connectivity index (χ1v) is 12.4. The van der Waals surface area contributed by atoms with Gasteiger partial charge in [-0.2, -0.15) is 0 Å². The van der Waals surface area contributed by atoms with Crippen LogP contribution in [-0.2, 0) is 9.59 Å². The number of thioether (sulfide) groups is 1. The zero-order chi connectivity index (χ0) is 24.4. The normalized spacial score (nSPS) is 16.6. The fraction of sp³-hybridized carbons (Fsp3) is 0.214. The highest BCUT2D eigenvalue weighted by Gasteiger charge is 2.30. The van der Waals surface area contributed by atoms with Gasteiger partial charge in [0.2, 0.25) is 5.91 Å². The van der Waals surface area contributed by atoms with Crippen molar-refractivity contribution in [3.8, 4) is 11.5 Å².